The van der Waals surface area contributed by atoms with E-state index in [1.54, 1.807) is 0 Å². The van der Waals surface area contributed by atoms with Crippen LogP contribution < -0.4 is 0 Å². The highest BCUT2D eigenvalue weighted by molar-refractivity contribution is 7.47. The van der Waals surface area contributed by atoms with Gasteiger partial charge in [-0.05, 0) is 25.7 Å². The van der Waals surface area contributed by atoms with Crippen molar-refractivity contribution in [2.45, 2.75) is 444 Å². The van der Waals surface area contributed by atoms with Gasteiger partial charge in [-0.3, -0.25) is 37.3 Å². The number of carbonyl (C=O) groups is 4. The first-order valence-electron chi connectivity index (χ1n) is 41.3. The van der Waals surface area contributed by atoms with Crippen molar-refractivity contribution in [1.29, 1.82) is 0 Å². The summed E-state index contributed by atoms with van der Waals surface area (Å²) in [5, 5.41) is 10.6. The lowest BCUT2D eigenvalue weighted by atomic mass is 10.0. The molecule has 0 radical (unpaired) electrons. The summed E-state index contributed by atoms with van der Waals surface area (Å²) in [6.45, 7) is 4.97. The molecule has 3 N–H and O–H groups in total. The van der Waals surface area contributed by atoms with Crippen molar-refractivity contribution in [3.63, 3.8) is 0 Å². The molecule has 0 aromatic heterocycles. The average Bonchev–Trinajstić information content (AvgIpc) is 0.945. The molecular formula is C79H154O17P2. The molecule has 0 aromatic rings. The molecule has 17 nitrogen and oxygen atoms in total. The van der Waals surface area contributed by atoms with E-state index < -0.39 is 97.5 Å². The maximum atomic E-state index is 13.1. The Bertz CT molecular complexity index is 1860. The van der Waals surface area contributed by atoms with Crippen molar-refractivity contribution in [3.8, 4) is 0 Å². The molecule has 0 bridgehead atoms. The quantitative estimate of drug-likeness (QED) is 0.0222. The summed E-state index contributed by atoms with van der Waals surface area (Å²) in [5.74, 6) is -2.11. The van der Waals surface area contributed by atoms with Crippen molar-refractivity contribution in [2.24, 2.45) is 0 Å². The number of aliphatic hydroxyl groups is 1. The normalized spacial score (nSPS) is 13.8. The fourth-order valence-corrected chi connectivity index (χ4v) is 13.9. The van der Waals surface area contributed by atoms with Crippen molar-refractivity contribution in [2.75, 3.05) is 39.6 Å². The van der Waals surface area contributed by atoms with Crippen LogP contribution in [0.15, 0.2) is 0 Å². The third-order valence-corrected chi connectivity index (χ3v) is 20.5. The second-order valence-electron chi connectivity index (χ2n) is 28.5. The van der Waals surface area contributed by atoms with E-state index in [-0.39, 0.29) is 25.7 Å². The molecular weight excluding hydrogens is 1280 g/mol. The maximum absolute atomic E-state index is 13.1. The molecule has 582 valence electrons. The molecule has 0 fully saturated rings. The monoisotopic (exact) mass is 1440 g/mol. The van der Waals surface area contributed by atoms with Crippen LogP contribution in [0.25, 0.3) is 0 Å². The van der Waals surface area contributed by atoms with Gasteiger partial charge in [-0.2, -0.15) is 0 Å². The van der Waals surface area contributed by atoms with Gasteiger partial charge in [0.25, 0.3) is 0 Å². The van der Waals surface area contributed by atoms with Gasteiger partial charge in [0.2, 0.25) is 0 Å². The molecule has 19 heteroatoms. The first kappa shape index (κ1) is 96.1. The van der Waals surface area contributed by atoms with E-state index in [4.69, 9.17) is 37.0 Å². The zero-order chi connectivity index (χ0) is 71.8. The summed E-state index contributed by atoms with van der Waals surface area (Å²) in [5.41, 5.74) is 0. The van der Waals surface area contributed by atoms with Crippen LogP contribution in [0.1, 0.15) is 426 Å². The summed E-state index contributed by atoms with van der Waals surface area (Å²) in [7, 11) is -9.91. The van der Waals surface area contributed by atoms with Crippen molar-refractivity contribution < 1.29 is 80.2 Å². The van der Waals surface area contributed by atoms with Gasteiger partial charge in [-0.1, -0.05) is 374 Å². The predicted molar refractivity (Wildman–Crippen MR) is 400 cm³/mol. The average molecular weight is 1440 g/mol. The minimum atomic E-state index is -4.96. The Labute approximate surface area is 600 Å². The molecule has 0 spiro atoms. The largest absolute Gasteiger partial charge is 0.472 e. The molecule has 0 aliphatic rings. The van der Waals surface area contributed by atoms with Gasteiger partial charge in [-0.25, -0.2) is 9.13 Å². The SMILES string of the molecule is CCCCCCCCCCCCCCCCCCCCCCCC(=O)O[C@H](COC(=O)CCCCCCCCCCCCCCCCCC)COP(=O)(O)OC[C@@H](O)COP(=O)(O)OC[C@@H](COC(=O)CCCCCCCCC)OC(=O)CCCCCCCCCCCCCCCC. The molecule has 2 unspecified atom stereocenters. The van der Waals surface area contributed by atoms with Crippen LogP contribution in [0.2, 0.25) is 0 Å². The highest BCUT2D eigenvalue weighted by atomic mass is 31.2. The van der Waals surface area contributed by atoms with Crippen LogP contribution in [0.4, 0.5) is 0 Å². The van der Waals surface area contributed by atoms with Crippen LogP contribution in [-0.4, -0.2) is 96.7 Å². The molecule has 0 heterocycles. The minimum absolute atomic E-state index is 0.108. The fraction of sp³-hybridized carbons (Fsp3) is 0.949. The Hall–Kier alpha value is -1.94. The Morgan fingerprint density at radius 1 is 0.245 bits per heavy atom. The van der Waals surface area contributed by atoms with Crippen LogP contribution in [0, 0.1) is 0 Å². The number of hydrogen-bond acceptors (Lipinski definition) is 15. The molecule has 0 rings (SSSR count). The van der Waals surface area contributed by atoms with Gasteiger partial charge < -0.3 is 33.8 Å². The molecule has 0 saturated carbocycles. The van der Waals surface area contributed by atoms with Gasteiger partial charge in [0.05, 0.1) is 26.4 Å². The number of rotatable bonds is 80. The smallest absolute Gasteiger partial charge is 0.462 e. The number of esters is 4. The van der Waals surface area contributed by atoms with Crippen molar-refractivity contribution >= 4 is 39.5 Å². The molecule has 0 aliphatic carbocycles. The van der Waals surface area contributed by atoms with E-state index in [2.05, 4.69) is 27.7 Å². The molecule has 0 aromatic carbocycles. The first-order chi connectivity index (χ1) is 47.7. The molecule has 0 saturated heterocycles. The number of carbonyl (C=O) groups excluding carboxylic acids is 4. The Kier molecular flexibility index (Phi) is 71.9. The van der Waals surface area contributed by atoms with E-state index in [0.29, 0.717) is 25.7 Å². The Morgan fingerprint density at radius 3 is 0.602 bits per heavy atom. The van der Waals surface area contributed by atoms with Crippen molar-refractivity contribution in [1.82, 2.24) is 0 Å². The van der Waals surface area contributed by atoms with Gasteiger partial charge >= 0.3 is 39.5 Å². The number of aliphatic hydroxyl groups excluding tert-OH is 1. The van der Waals surface area contributed by atoms with Gasteiger partial charge in [-0.15, -0.1) is 0 Å². The first-order valence-corrected chi connectivity index (χ1v) is 44.3. The number of phosphoric acid groups is 2. The Balaban J connectivity index is 5.16. The van der Waals surface area contributed by atoms with E-state index in [0.717, 1.165) is 103 Å². The summed E-state index contributed by atoms with van der Waals surface area (Å²) in [6.07, 6.45) is 65.4. The number of hydrogen-bond donors (Lipinski definition) is 3. The second kappa shape index (κ2) is 73.4. The summed E-state index contributed by atoms with van der Waals surface area (Å²) < 4.78 is 68.5. The number of phosphoric ester groups is 2. The Morgan fingerprint density at radius 2 is 0.408 bits per heavy atom. The van der Waals surface area contributed by atoms with E-state index in [1.165, 1.54) is 244 Å². The molecule has 0 aliphatic heterocycles. The summed E-state index contributed by atoms with van der Waals surface area (Å²) in [6, 6.07) is 0. The third-order valence-electron chi connectivity index (χ3n) is 18.6. The van der Waals surface area contributed by atoms with E-state index in [1.807, 2.05) is 0 Å². The maximum Gasteiger partial charge on any atom is 0.472 e. The molecule has 0 amide bonds. The van der Waals surface area contributed by atoms with Gasteiger partial charge in [0, 0.05) is 25.7 Å². The highest BCUT2D eigenvalue weighted by Gasteiger charge is 2.30. The van der Waals surface area contributed by atoms with Gasteiger partial charge in [0.15, 0.2) is 12.2 Å². The minimum Gasteiger partial charge on any atom is -0.462 e. The molecule has 5 atom stereocenters. The zero-order valence-electron chi connectivity index (χ0n) is 63.8. The number of unbranched alkanes of at least 4 members (excludes halogenated alkanes) is 54. The summed E-state index contributed by atoms with van der Waals surface area (Å²) in [4.78, 5) is 72.8. The summed E-state index contributed by atoms with van der Waals surface area (Å²) >= 11 is 0. The lowest BCUT2D eigenvalue weighted by Gasteiger charge is -2.21. The fourth-order valence-electron chi connectivity index (χ4n) is 12.3. The highest BCUT2D eigenvalue weighted by Crippen LogP contribution is 2.45. The second-order valence-corrected chi connectivity index (χ2v) is 31.4. The van der Waals surface area contributed by atoms with Gasteiger partial charge in [0.1, 0.15) is 19.3 Å². The van der Waals surface area contributed by atoms with E-state index in [9.17, 15) is 43.2 Å². The topological polar surface area (TPSA) is 237 Å². The van der Waals surface area contributed by atoms with Crippen LogP contribution in [0.5, 0.6) is 0 Å². The molecule has 98 heavy (non-hydrogen) atoms. The standard InChI is InChI=1S/C79H154O17P2/c1-5-9-13-17-21-24-27-30-33-35-36-37-38-39-41-44-47-50-54-58-62-66-79(84)96-75(70-90-77(82)64-60-56-52-48-45-43-40-34-31-28-25-22-18-14-10-6-2)72-94-98(87,88)92-68-73(80)67-91-97(85,86)93-71-74(69-89-76(81)63-59-55-51-20-16-12-8-4)95-78(83)65-61-57-53-49-46-42-32-29-26-23-19-15-11-7-3/h73-75,80H,5-72H2,1-4H3,(H,85,86)(H,87,88)/t73-,74+,75+/m0/s1. The van der Waals surface area contributed by atoms with Crippen LogP contribution in [-0.2, 0) is 65.4 Å². The zero-order valence-corrected chi connectivity index (χ0v) is 65.6. The third kappa shape index (κ3) is 72.4. The van der Waals surface area contributed by atoms with E-state index >= 15 is 0 Å². The predicted octanol–water partition coefficient (Wildman–Crippen LogP) is 23.8. The number of ether oxygens (including phenoxy) is 4. The lowest BCUT2D eigenvalue weighted by molar-refractivity contribution is -0.161. The van der Waals surface area contributed by atoms with Crippen LogP contribution in [0.3, 0.4) is 0 Å². The lowest BCUT2D eigenvalue weighted by Crippen LogP contribution is -2.30. The van der Waals surface area contributed by atoms with Crippen LogP contribution >= 0.6 is 15.6 Å². The van der Waals surface area contributed by atoms with Crippen molar-refractivity contribution in [3.05, 3.63) is 0 Å².